The number of carbonyl (C=O) groups is 1. The van der Waals surface area contributed by atoms with E-state index in [0.717, 1.165) is 12.0 Å². The fourth-order valence-electron chi connectivity index (χ4n) is 1.74. The van der Waals surface area contributed by atoms with Crippen molar-refractivity contribution in [1.82, 2.24) is 4.90 Å². The fourth-order valence-corrected chi connectivity index (χ4v) is 1.94. The van der Waals surface area contributed by atoms with Crippen LogP contribution in [-0.2, 0) is 11.2 Å². The Kier molecular flexibility index (Phi) is 6.32. The summed E-state index contributed by atoms with van der Waals surface area (Å²) in [7, 11) is 1.81. The van der Waals surface area contributed by atoms with E-state index in [2.05, 4.69) is 13.8 Å². The molecule has 0 spiro atoms. The van der Waals surface area contributed by atoms with E-state index in [-0.39, 0.29) is 11.9 Å². The molecule has 0 aliphatic heterocycles. The van der Waals surface area contributed by atoms with Crippen molar-refractivity contribution in [3.05, 3.63) is 34.9 Å². The Morgan fingerprint density at radius 3 is 2.58 bits per heavy atom. The topological polar surface area (TPSA) is 46.3 Å². The molecule has 3 nitrogen and oxygen atoms in total. The van der Waals surface area contributed by atoms with Gasteiger partial charge >= 0.3 is 0 Å². The average Bonchev–Trinajstić information content (AvgIpc) is 2.37. The zero-order chi connectivity index (χ0) is 14.4. The maximum atomic E-state index is 12.1. The minimum Gasteiger partial charge on any atom is -0.345 e. The van der Waals surface area contributed by atoms with Crippen LogP contribution in [0.1, 0.15) is 25.8 Å². The molecule has 0 heterocycles. The molecule has 1 aromatic carbocycles. The van der Waals surface area contributed by atoms with E-state index < -0.39 is 0 Å². The molecule has 0 bridgehead atoms. The fraction of sp³-hybridized carbons (Fsp3) is 0.533. The van der Waals surface area contributed by atoms with Gasteiger partial charge in [-0.15, -0.1) is 0 Å². The number of carbonyl (C=O) groups excluding carboxylic acids is 1. The first-order valence-electron chi connectivity index (χ1n) is 6.64. The third kappa shape index (κ3) is 5.21. The van der Waals surface area contributed by atoms with Gasteiger partial charge in [0.05, 0.1) is 6.42 Å². The molecular formula is C15H23ClN2O. The van der Waals surface area contributed by atoms with Crippen molar-refractivity contribution >= 4 is 17.5 Å². The first-order valence-corrected chi connectivity index (χ1v) is 7.02. The third-order valence-corrected chi connectivity index (χ3v) is 3.75. The number of amides is 1. The smallest absolute Gasteiger partial charge is 0.226 e. The molecule has 1 amide bonds. The molecule has 0 saturated carbocycles. The second kappa shape index (κ2) is 7.51. The molecule has 0 fully saturated rings. The zero-order valence-electron chi connectivity index (χ0n) is 11.9. The van der Waals surface area contributed by atoms with Crippen LogP contribution in [0.4, 0.5) is 0 Å². The van der Waals surface area contributed by atoms with Gasteiger partial charge in [-0.1, -0.05) is 43.6 Å². The Bertz CT molecular complexity index is 420. The summed E-state index contributed by atoms with van der Waals surface area (Å²) >= 11 is 6.05. The van der Waals surface area contributed by atoms with Crippen molar-refractivity contribution in [3.63, 3.8) is 0 Å². The lowest BCUT2D eigenvalue weighted by Crippen LogP contribution is -2.35. The predicted molar refractivity (Wildman–Crippen MR) is 80.2 cm³/mol. The highest BCUT2D eigenvalue weighted by molar-refractivity contribution is 6.31. The van der Waals surface area contributed by atoms with Crippen molar-refractivity contribution in [2.45, 2.75) is 32.7 Å². The molecule has 19 heavy (non-hydrogen) atoms. The van der Waals surface area contributed by atoms with Gasteiger partial charge in [0.15, 0.2) is 0 Å². The second-order valence-electron chi connectivity index (χ2n) is 5.28. The minimum atomic E-state index is 0.0732. The zero-order valence-corrected chi connectivity index (χ0v) is 12.7. The van der Waals surface area contributed by atoms with Crippen LogP contribution >= 0.6 is 11.6 Å². The summed E-state index contributed by atoms with van der Waals surface area (Å²) in [4.78, 5) is 13.8. The molecule has 1 rings (SSSR count). The SMILES string of the molecule is CC(C)C(N)CCN(C)C(=O)Cc1ccccc1Cl. The lowest BCUT2D eigenvalue weighted by Gasteiger charge is -2.21. The monoisotopic (exact) mass is 282 g/mol. The van der Waals surface area contributed by atoms with Crippen molar-refractivity contribution in [2.75, 3.05) is 13.6 Å². The van der Waals surface area contributed by atoms with Crippen LogP contribution in [0.2, 0.25) is 5.02 Å². The van der Waals surface area contributed by atoms with Crippen LogP contribution in [0.15, 0.2) is 24.3 Å². The van der Waals surface area contributed by atoms with Gasteiger partial charge in [-0.05, 0) is 24.0 Å². The van der Waals surface area contributed by atoms with Crippen molar-refractivity contribution < 1.29 is 4.79 Å². The number of benzene rings is 1. The Labute approximate surface area is 120 Å². The highest BCUT2D eigenvalue weighted by Crippen LogP contribution is 2.16. The van der Waals surface area contributed by atoms with Crippen molar-refractivity contribution in [3.8, 4) is 0 Å². The third-order valence-electron chi connectivity index (χ3n) is 3.38. The van der Waals surface area contributed by atoms with Gasteiger partial charge in [-0.2, -0.15) is 0 Å². The van der Waals surface area contributed by atoms with Crippen LogP contribution in [0, 0.1) is 5.92 Å². The first-order chi connectivity index (χ1) is 8.91. The highest BCUT2D eigenvalue weighted by Gasteiger charge is 2.14. The first kappa shape index (κ1) is 16.0. The van der Waals surface area contributed by atoms with Crippen molar-refractivity contribution in [2.24, 2.45) is 11.7 Å². The molecule has 0 radical (unpaired) electrons. The van der Waals surface area contributed by atoms with Crippen LogP contribution in [0.5, 0.6) is 0 Å². The van der Waals surface area contributed by atoms with Gasteiger partial charge in [0.1, 0.15) is 0 Å². The van der Waals surface area contributed by atoms with Gasteiger partial charge in [0.25, 0.3) is 0 Å². The Balaban J connectivity index is 2.47. The molecule has 106 valence electrons. The van der Waals surface area contributed by atoms with Crippen LogP contribution in [-0.4, -0.2) is 30.4 Å². The molecular weight excluding hydrogens is 260 g/mol. The molecule has 2 N–H and O–H groups in total. The number of hydrogen-bond acceptors (Lipinski definition) is 2. The molecule has 1 unspecified atom stereocenters. The van der Waals surface area contributed by atoms with Gasteiger partial charge in [-0.25, -0.2) is 0 Å². The number of nitrogens with zero attached hydrogens (tertiary/aromatic N) is 1. The summed E-state index contributed by atoms with van der Waals surface area (Å²) < 4.78 is 0. The molecule has 1 atom stereocenters. The number of hydrogen-bond donors (Lipinski definition) is 1. The van der Waals surface area contributed by atoms with E-state index >= 15 is 0 Å². The maximum absolute atomic E-state index is 12.1. The van der Waals surface area contributed by atoms with Crippen LogP contribution < -0.4 is 5.73 Å². The summed E-state index contributed by atoms with van der Waals surface area (Å²) in [5, 5.41) is 0.642. The molecule has 0 saturated heterocycles. The Morgan fingerprint density at radius 1 is 1.37 bits per heavy atom. The molecule has 1 aromatic rings. The number of rotatable bonds is 6. The number of likely N-dealkylation sites (N-methyl/N-ethyl adjacent to an activating group) is 1. The lowest BCUT2D eigenvalue weighted by atomic mass is 10.0. The van der Waals surface area contributed by atoms with Crippen LogP contribution in [0.3, 0.4) is 0 Å². The van der Waals surface area contributed by atoms with E-state index in [1.165, 1.54) is 0 Å². The van der Waals surface area contributed by atoms with Crippen molar-refractivity contribution in [1.29, 1.82) is 0 Å². The molecule has 0 aliphatic rings. The predicted octanol–water partition coefficient (Wildman–Crippen LogP) is 2.71. The summed E-state index contributed by atoms with van der Waals surface area (Å²) in [6, 6.07) is 7.58. The van der Waals surface area contributed by atoms with E-state index in [1.54, 1.807) is 11.0 Å². The Hall–Kier alpha value is -1.06. The largest absolute Gasteiger partial charge is 0.345 e. The summed E-state index contributed by atoms with van der Waals surface area (Å²) in [5.41, 5.74) is 6.85. The molecule has 0 aliphatic carbocycles. The normalized spacial score (nSPS) is 12.5. The van der Waals surface area contributed by atoms with Gasteiger partial charge in [0, 0.05) is 24.7 Å². The van der Waals surface area contributed by atoms with Gasteiger partial charge in [0.2, 0.25) is 5.91 Å². The quantitative estimate of drug-likeness (QED) is 0.872. The number of nitrogens with two attached hydrogens (primary N) is 1. The number of halogens is 1. The lowest BCUT2D eigenvalue weighted by molar-refractivity contribution is -0.129. The van der Waals surface area contributed by atoms with E-state index in [1.807, 2.05) is 25.2 Å². The average molecular weight is 283 g/mol. The molecule has 4 heteroatoms. The van der Waals surface area contributed by atoms with E-state index in [4.69, 9.17) is 17.3 Å². The second-order valence-corrected chi connectivity index (χ2v) is 5.69. The summed E-state index contributed by atoms with van der Waals surface area (Å²) in [5.74, 6) is 0.510. The summed E-state index contributed by atoms with van der Waals surface area (Å²) in [6.45, 7) is 4.87. The van der Waals surface area contributed by atoms with Gasteiger partial charge < -0.3 is 10.6 Å². The van der Waals surface area contributed by atoms with E-state index in [0.29, 0.717) is 23.9 Å². The van der Waals surface area contributed by atoms with E-state index in [9.17, 15) is 4.79 Å². The highest BCUT2D eigenvalue weighted by atomic mass is 35.5. The minimum absolute atomic E-state index is 0.0732. The molecule has 0 aromatic heterocycles. The van der Waals surface area contributed by atoms with Gasteiger partial charge in [-0.3, -0.25) is 4.79 Å². The summed E-state index contributed by atoms with van der Waals surface area (Å²) in [6.07, 6.45) is 1.16. The standard InChI is InChI=1S/C15H23ClN2O/c1-11(2)14(17)8-9-18(3)15(19)10-12-6-4-5-7-13(12)16/h4-7,11,14H,8-10,17H2,1-3H3. The Morgan fingerprint density at radius 2 is 2.00 bits per heavy atom. The van der Waals surface area contributed by atoms with Crippen LogP contribution in [0.25, 0.3) is 0 Å². The maximum Gasteiger partial charge on any atom is 0.226 e.